The van der Waals surface area contributed by atoms with Crippen LogP contribution in [0.4, 0.5) is 5.13 Å². The number of Topliss-reactive ketones (excluding diaryl/α,β-unsaturated/α-hetero) is 1. The molecule has 0 saturated heterocycles. The Kier molecular flexibility index (Phi) is 4.48. The molecule has 2 rings (SSSR count). The zero-order chi connectivity index (χ0) is 13.0. The van der Waals surface area contributed by atoms with E-state index in [0.29, 0.717) is 24.4 Å². The molecule has 0 aromatic carbocycles. The molecule has 7 heteroatoms. The van der Waals surface area contributed by atoms with Gasteiger partial charge in [0.25, 0.3) is 0 Å². The zero-order valence-electron chi connectivity index (χ0n) is 9.72. The number of nitrogens with one attached hydrogen (secondary N) is 1. The first-order chi connectivity index (χ1) is 8.69. The Labute approximate surface area is 113 Å². The first-order valence-corrected chi connectivity index (χ1v) is 7.39. The molecule has 0 spiro atoms. The second-order valence-corrected chi connectivity index (χ2v) is 6.19. The normalized spacial score (nSPS) is 18.9. The highest BCUT2D eigenvalue weighted by atomic mass is 32.2. The van der Waals surface area contributed by atoms with Gasteiger partial charge in [0.05, 0.1) is 0 Å². The molecule has 18 heavy (non-hydrogen) atoms. The van der Waals surface area contributed by atoms with E-state index in [1.807, 2.05) is 0 Å². The van der Waals surface area contributed by atoms with E-state index in [-0.39, 0.29) is 17.6 Å². The van der Waals surface area contributed by atoms with Crippen LogP contribution >= 0.6 is 23.1 Å². The monoisotopic (exact) mass is 283 g/mol. The lowest BCUT2D eigenvalue weighted by Gasteiger charge is -2.05. The van der Waals surface area contributed by atoms with E-state index in [4.69, 9.17) is 0 Å². The Balaban J connectivity index is 1.88. The van der Waals surface area contributed by atoms with Gasteiger partial charge in [-0.2, -0.15) is 0 Å². The third-order valence-electron chi connectivity index (χ3n) is 2.58. The number of anilines is 1. The molecule has 0 radical (unpaired) electrons. The van der Waals surface area contributed by atoms with Gasteiger partial charge in [0.1, 0.15) is 5.78 Å². The van der Waals surface area contributed by atoms with Crippen molar-refractivity contribution >= 4 is 39.9 Å². The molecule has 1 aliphatic rings. The van der Waals surface area contributed by atoms with Crippen LogP contribution < -0.4 is 5.32 Å². The number of hydrogen-bond donors (Lipinski definition) is 1. The minimum Gasteiger partial charge on any atom is -0.300 e. The molecule has 1 amide bonds. The fourth-order valence-electron chi connectivity index (χ4n) is 1.69. The molecule has 0 bridgehead atoms. The van der Waals surface area contributed by atoms with Gasteiger partial charge in [0.15, 0.2) is 4.34 Å². The van der Waals surface area contributed by atoms with Crippen molar-refractivity contribution in [2.75, 3.05) is 11.1 Å². The highest BCUT2D eigenvalue weighted by molar-refractivity contribution is 8.01. The van der Waals surface area contributed by atoms with E-state index in [1.165, 1.54) is 23.1 Å². The van der Waals surface area contributed by atoms with Crippen molar-refractivity contribution in [3.63, 3.8) is 0 Å². The van der Waals surface area contributed by atoms with E-state index in [0.717, 1.165) is 10.1 Å². The number of thioether (sulfide) groups is 1. The molecule has 1 fully saturated rings. The molecule has 1 N–H and O–H groups in total. The molecular formula is C11H13N3O2S2. The van der Waals surface area contributed by atoms with Gasteiger partial charge < -0.3 is 5.32 Å². The highest BCUT2D eigenvalue weighted by Crippen LogP contribution is 2.27. The zero-order valence-corrected chi connectivity index (χ0v) is 11.4. The van der Waals surface area contributed by atoms with Gasteiger partial charge in [-0.05, 0) is 6.42 Å². The summed E-state index contributed by atoms with van der Waals surface area (Å²) in [7, 11) is 0. The molecule has 5 nitrogen and oxygen atoms in total. The summed E-state index contributed by atoms with van der Waals surface area (Å²) in [5.74, 6) is 0.595. The van der Waals surface area contributed by atoms with Crippen LogP contribution in [0.5, 0.6) is 0 Å². The summed E-state index contributed by atoms with van der Waals surface area (Å²) in [6.45, 7) is 3.62. The summed E-state index contributed by atoms with van der Waals surface area (Å²) in [6, 6.07) is 0. The Morgan fingerprint density at radius 2 is 2.44 bits per heavy atom. The smallest absolute Gasteiger partial charge is 0.229 e. The van der Waals surface area contributed by atoms with Crippen molar-refractivity contribution in [2.45, 2.75) is 23.6 Å². The number of carbonyl (C=O) groups is 2. The van der Waals surface area contributed by atoms with E-state index < -0.39 is 0 Å². The van der Waals surface area contributed by atoms with Crippen LogP contribution in [0.3, 0.4) is 0 Å². The molecule has 1 heterocycles. The van der Waals surface area contributed by atoms with Crippen LogP contribution in [0.2, 0.25) is 0 Å². The maximum atomic E-state index is 11.8. The highest BCUT2D eigenvalue weighted by Gasteiger charge is 2.28. The molecule has 1 aliphatic carbocycles. The van der Waals surface area contributed by atoms with Crippen LogP contribution in [0.25, 0.3) is 0 Å². The molecule has 0 aliphatic heterocycles. The lowest BCUT2D eigenvalue weighted by molar-refractivity contribution is -0.122. The first kappa shape index (κ1) is 13.2. The predicted octanol–water partition coefficient (Wildman–Crippen LogP) is 2.12. The van der Waals surface area contributed by atoms with Gasteiger partial charge in [0, 0.05) is 24.5 Å². The predicted molar refractivity (Wildman–Crippen MR) is 71.8 cm³/mol. The van der Waals surface area contributed by atoms with Crippen LogP contribution in [0.15, 0.2) is 17.0 Å². The van der Waals surface area contributed by atoms with Gasteiger partial charge in [-0.3, -0.25) is 9.59 Å². The van der Waals surface area contributed by atoms with Gasteiger partial charge in [-0.1, -0.05) is 29.2 Å². The fraction of sp³-hybridized carbons (Fsp3) is 0.455. The van der Waals surface area contributed by atoms with Crippen molar-refractivity contribution in [3.05, 3.63) is 12.7 Å². The standard InChI is InChI=1S/C11H13N3O2S2/c1-2-5-17-11-14-13-10(18-11)12-9(16)7-3-4-8(15)6-7/h2,7H,1,3-6H2,(H,12,13,16). The average Bonchev–Trinajstić information content (AvgIpc) is 2.96. The quantitative estimate of drug-likeness (QED) is 0.509. The molecular weight excluding hydrogens is 270 g/mol. The summed E-state index contributed by atoms with van der Waals surface area (Å²) < 4.78 is 0.799. The van der Waals surface area contributed by atoms with Gasteiger partial charge in [-0.25, -0.2) is 0 Å². The summed E-state index contributed by atoms with van der Waals surface area (Å²) in [5, 5.41) is 11.1. The SMILES string of the molecule is C=CCSc1nnc(NC(=O)C2CCC(=O)C2)s1. The Morgan fingerprint density at radius 1 is 1.61 bits per heavy atom. The second kappa shape index (κ2) is 6.10. The average molecular weight is 283 g/mol. The minimum absolute atomic E-state index is 0.128. The molecule has 1 unspecified atom stereocenters. The summed E-state index contributed by atoms with van der Waals surface area (Å²) in [6.07, 6.45) is 3.29. The third kappa shape index (κ3) is 3.39. The van der Waals surface area contributed by atoms with Gasteiger partial charge in [-0.15, -0.1) is 16.8 Å². The summed E-state index contributed by atoms with van der Waals surface area (Å²) in [4.78, 5) is 23.0. The first-order valence-electron chi connectivity index (χ1n) is 5.59. The molecule has 96 valence electrons. The molecule has 1 atom stereocenters. The van der Waals surface area contributed by atoms with E-state index in [9.17, 15) is 9.59 Å². The molecule has 1 saturated carbocycles. The lowest BCUT2D eigenvalue weighted by Crippen LogP contribution is -2.20. The number of carbonyl (C=O) groups excluding carboxylic acids is 2. The lowest BCUT2D eigenvalue weighted by atomic mass is 10.1. The van der Waals surface area contributed by atoms with Crippen LogP contribution in [-0.4, -0.2) is 27.6 Å². The third-order valence-corrected chi connectivity index (χ3v) is 4.55. The molecule has 1 aromatic heterocycles. The Morgan fingerprint density at radius 3 is 3.11 bits per heavy atom. The number of hydrogen-bond acceptors (Lipinski definition) is 6. The largest absolute Gasteiger partial charge is 0.300 e. The van der Waals surface area contributed by atoms with E-state index in [2.05, 4.69) is 22.1 Å². The maximum absolute atomic E-state index is 11.8. The fourth-order valence-corrected chi connectivity index (χ4v) is 3.21. The van der Waals surface area contributed by atoms with Crippen molar-refractivity contribution in [1.82, 2.24) is 10.2 Å². The van der Waals surface area contributed by atoms with Crippen LogP contribution in [0.1, 0.15) is 19.3 Å². The summed E-state index contributed by atoms with van der Waals surface area (Å²) in [5.41, 5.74) is 0. The van der Waals surface area contributed by atoms with Crippen molar-refractivity contribution < 1.29 is 9.59 Å². The topological polar surface area (TPSA) is 72.0 Å². The van der Waals surface area contributed by atoms with Gasteiger partial charge in [0.2, 0.25) is 11.0 Å². The van der Waals surface area contributed by atoms with Crippen molar-refractivity contribution in [1.29, 1.82) is 0 Å². The number of ketones is 1. The number of amides is 1. The maximum Gasteiger partial charge on any atom is 0.229 e. The van der Waals surface area contributed by atoms with E-state index in [1.54, 1.807) is 6.08 Å². The van der Waals surface area contributed by atoms with Crippen LogP contribution in [0, 0.1) is 5.92 Å². The minimum atomic E-state index is -0.203. The number of nitrogens with zero attached hydrogens (tertiary/aromatic N) is 2. The van der Waals surface area contributed by atoms with E-state index >= 15 is 0 Å². The Bertz CT molecular complexity index is 473. The number of rotatable bonds is 5. The Hall–Kier alpha value is -1.21. The van der Waals surface area contributed by atoms with Crippen LogP contribution in [-0.2, 0) is 9.59 Å². The number of aromatic nitrogens is 2. The van der Waals surface area contributed by atoms with Gasteiger partial charge >= 0.3 is 0 Å². The second-order valence-electron chi connectivity index (χ2n) is 3.94. The van der Waals surface area contributed by atoms with Crippen molar-refractivity contribution in [3.8, 4) is 0 Å². The molecule has 1 aromatic rings. The summed E-state index contributed by atoms with van der Waals surface area (Å²) >= 11 is 2.86. The van der Waals surface area contributed by atoms with Crippen molar-refractivity contribution in [2.24, 2.45) is 5.92 Å².